The molecule has 0 saturated carbocycles. The minimum Gasteiger partial charge on any atom is -0.459 e. The van der Waals surface area contributed by atoms with Crippen LogP contribution in [0.4, 0.5) is 5.69 Å². The second-order valence-corrected chi connectivity index (χ2v) is 7.42. The Hall–Kier alpha value is -2.60. The smallest absolute Gasteiger partial charge is 0.289 e. The molecule has 144 valence electrons. The lowest BCUT2D eigenvalue weighted by atomic mass is 10.0. The number of benzene rings is 1. The minimum absolute atomic E-state index is 0.00751. The highest BCUT2D eigenvalue weighted by Gasteiger charge is 2.31. The first-order valence-corrected chi connectivity index (χ1v) is 9.54. The molecule has 2 heterocycles. The summed E-state index contributed by atoms with van der Waals surface area (Å²) in [6, 6.07) is 11.2. The molecule has 1 aromatic carbocycles. The Morgan fingerprint density at radius 1 is 1.07 bits per heavy atom. The summed E-state index contributed by atoms with van der Waals surface area (Å²) in [5, 5.41) is 3.01. The maximum atomic E-state index is 12.6. The summed E-state index contributed by atoms with van der Waals surface area (Å²) in [4.78, 5) is 27.9. The Bertz CT molecular complexity index is 760. The molecule has 6 nitrogen and oxygen atoms in total. The van der Waals surface area contributed by atoms with Gasteiger partial charge in [-0.25, -0.2) is 0 Å². The molecule has 1 fully saturated rings. The molecular formula is C21H28N3O3+. The van der Waals surface area contributed by atoms with E-state index >= 15 is 0 Å². The number of quaternary nitrogens is 1. The Morgan fingerprint density at radius 2 is 1.74 bits per heavy atom. The lowest BCUT2D eigenvalue weighted by Gasteiger charge is -2.34. The quantitative estimate of drug-likeness (QED) is 0.843. The fourth-order valence-electron chi connectivity index (χ4n) is 3.37. The Labute approximate surface area is 160 Å². The molecule has 0 radical (unpaired) electrons. The molecule has 1 aliphatic heterocycles. The molecule has 0 bridgehead atoms. The summed E-state index contributed by atoms with van der Waals surface area (Å²) in [5.74, 6) is 0.766. The first kappa shape index (κ1) is 19.2. The molecule has 0 unspecified atom stereocenters. The third kappa shape index (κ3) is 4.57. The molecule has 6 heteroatoms. The molecular weight excluding hydrogens is 342 g/mol. The molecule has 0 spiro atoms. The highest BCUT2D eigenvalue weighted by Crippen LogP contribution is 2.17. The van der Waals surface area contributed by atoms with Gasteiger partial charge in [-0.1, -0.05) is 26.0 Å². The fraction of sp³-hybridized carbons (Fsp3) is 0.429. The van der Waals surface area contributed by atoms with Crippen LogP contribution in [0.15, 0.2) is 47.1 Å². The zero-order chi connectivity index (χ0) is 19.4. The molecule has 0 aliphatic carbocycles. The van der Waals surface area contributed by atoms with Crippen molar-refractivity contribution in [2.75, 3.05) is 31.5 Å². The van der Waals surface area contributed by atoms with Gasteiger partial charge in [-0.15, -0.1) is 0 Å². The number of hydrogen-bond donors (Lipinski definition) is 2. The summed E-state index contributed by atoms with van der Waals surface area (Å²) in [6.07, 6.45) is 1.51. The van der Waals surface area contributed by atoms with Crippen molar-refractivity contribution in [1.29, 1.82) is 0 Å². The van der Waals surface area contributed by atoms with Crippen LogP contribution in [0.5, 0.6) is 0 Å². The van der Waals surface area contributed by atoms with Gasteiger partial charge in [-0.05, 0) is 42.7 Å². The van der Waals surface area contributed by atoms with Gasteiger partial charge in [0.25, 0.3) is 11.8 Å². The summed E-state index contributed by atoms with van der Waals surface area (Å²) < 4.78 is 5.19. The van der Waals surface area contributed by atoms with Crippen molar-refractivity contribution < 1.29 is 18.9 Å². The normalized spacial score (nSPS) is 16.4. The predicted molar refractivity (Wildman–Crippen MR) is 104 cm³/mol. The topological polar surface area (TPSA) is 67.0 Å². The third-order valence-corrected chi connectivity index (χ3v) is 5.28. The molecule has 1 saturated heterocycles. The number of carbonyl (C=O) groups is 2. The van der Waals surface area contributed by atoms with Crippen LogP contribution in [0.2, 0.25) is 0 Å². The van der Waals surface area contributed by atoms with Gasteiger partial charge in [0.2, 0.25) is 0 Å². The first-order chi connectivity index (χ1) is 13.0. The maximum Gasteiger partial charge on any atom is 0.289 e. The standard InChI is InChI=1S/C21H27N3O3/c1-15(2)17-6-8-18(9-7-17)22-20(25)16(3)23-10-12-24(13-11-23)21(26)19-5-4-14-27-19/h4-9,14-16H,10-13H2,1-3H3,(H,22,25)/p+1/t16-/m0/s1. The van der Waals surface area contributed by atoms with E-state index < -0.39 is 0 Å². The highest BCUT2D eigenvalue weighted by molar-refractivity contribution is 5.93. The molecule has 1 aromatic heterocycles. The molecule has 3 rings (SSSR count). The summed E-state index contributed by atoms with van der Waals surface area (Å²) in [5.41, 5.74) is 2.08. The van der Waals surface area contributed by atoms with Gasteiger partial charge in [0, 0.05) is 5.69 Å². The number of piperazine rings is 1. The van der Waals surface area contributed by atoms with E-state index in [0.717, 1.165) is 18.8 Å². The van der Waals surface area contributed by atoms with Crippen LogP contribution < -0.4 is 10.2 Å². The van der Waals surface area contributed by atoms with Gasteiger partial charge in [-0.2, -0.15) is 0 Å². The summed E-state index contributed by atoms with van der Waals surface area (Å²) in [7, 11) is 0. The van der Waals surface area contributed by atoms with Crippen molar-refractivity contribution in [2.24, 2.45) is 0 Å². The van der Waals surface area contributed by atoms with E-state index in [2.05, 4.69) is 31.3 Å². The SMILES string of the molecule is CC(C)c1ccc(NC(=O)[C@H](C)[NH+]2CCN(C(=O)c3ccco3)CC2)cc1. The summed E-state index contributed by atoms with van der Waals surface area (Å²) in [6.45, 7) is 8.97. The third-order valence-electron chi connectivity index (χ3n) is 5.28. The number of carbonyl (C=O) groups excluding carboxylic acids is 2. The van der Waals surface area contributed by atoms with Gasteiger partial charge in [-0.3, -0.25) is 9.59 Å². The Morgan fingerprint density at radius 3 is 2.30 bits per heavy atom. The largest absolute Gasteiger partial charge is 0.459 e. The molecule has 2 aromatic rings. The number of anilines is 1. The number of rotatable bonds is 5. The van der Waals surface area contributed by atoms with Crippen molar-refractivity contribution in [3.8, 4) is 0 Å². The Kier molecular flexibility index (Phi) is 5.96. The van der Waals surface area contributed by atoms with Crippen molar-refractivity contribution in [1.82, 2.24) is 4.90 Å². The maximum absolute atomic E-state index is 12.6. The van der Waals surface area contributed by atoms with Crippen LogP contribution in [0, 0.1) is 0 Å². The van der Waals surface area contributed by atoms with Crippen LogP contribution >= 0.6 is 0 Å². The first-order valence-electron chi connectivity index (χ1n) is 9.54. The van der Waals surface area contributed by atoms with Crippen molar-refractivity contribution in [3.63, 3.8) is 0 Å². The second kappa shape index (κ2) is 8.39. The van der Waals surface area contributed by atoms with Crippen LogP contribution in [-0.4, -0.2) is 48.9 Å². The van der Waals surface area contributed by atoms with Gasteiger partial charge in [0.15, 0.2) is 11.8 Å². The number of hydrogen-bond acceptors (Lipinski definition) is 3. The number of furan rings is 1. The van der Waals surface area contributed by atoms with Crippen LogP contribution in [0.25, 0.3) is 0 Å². The van der Waals surface area contributed by atoms with E-state index in [9.17, 15) is 9.59 Å². The fourth-order valence-corrected chi connectivity index (χ4v) is 3.37. The van der Waals surface area contributed by atoms with Gasteiger partial charge in [0.1, 0.15) is 0 Å². The zero-order valence-corrected chi connectivity index (χ0v) is 16.2. The number of nitrogens with one attached hydrogen (secondary N) is 2. The monoisotopic (exact) mass is 370 g/mol. The lowest BCUT2D eigenvalue weighted by Crippen LogP contribution is -3.19. The van der Waals surface area contributed by atoms with E-state index in [1.165, 1.54) is 16.7 Å². The van der Waals surface area contributed by atoms with E-state index in [-0.39, 0.29) is 17.9 Å². The van der Waals surface area contributed by atoms with Gasteiger partial charge in [0.05, 0.1) is 32.4 Å². The van der Waals surface area contributed by atoms with Crippen molar-refractivity contribution in [3.05, 3.63) is 54.0 Å². The molecule has 2 N–H and O–H groups in total. The average molecular weight is 370 g/mol. The van der Waals surface area contributed by atoms with E-state index in [4.69, 9.17) is 4.42 Å². The predicted octanol–water partition coefficient (Wildman–Crippen LogP) is 1.77. The molecule has 27 heavy (non-hydrogen) atoms. The zero-order valence-electron chi connectivity index (χ0n) is 16.2. The number of amides is 2. The van der Waals surface area contributed by atoms with Gasteiger partial charge >= 0.3 is 0 Å². The summed E-state index contributed by atoms with van der Waals surface area (Å²) >= 11 is 0. The van der Waals surface area contributed by atoms with Crippen LogP contribution in [0.3, 0.4) is 0 Å². The van der Waals surface area contributed by atoms with E-state index in [0.29, 0.717) is 24.8 Å². The minimum atomic E-state index is -0.171. The van der Waals surface area contributed by atoms with E-state index in [1.807, 2.05) is 19.1 Å². The van der Waals surface area contributed by atoms with Crippen LogP contribution in [-0.2, 0) is 4.79 Å². The van der Waals surface area contributed by atoms with E-state index in [1.54, 1.807) is 17.0 Å². The molecule has 2 amide bonds. The highest BCUT2D eigenvalue weighted by atomic mass is 16.3. The Balaban J connectivity index is 1.51. The average Bonchev–Trinajstić information content (AvgIpc) is 3.22. The van der Waals surface area contributed by atoms with Crippen molar-refractivity contribution in [2.45, 2.75) is 32.7 Å². The lowest BCUT2D eigenvalue weighted by molar-refractivity contribution is -0.917. The van der Waals surface area contributed by atoms with Crippen molar-refractivity contribution >= 4 is 17.5 Å². The molecule has 1 atom stereocenters. The van der Waals surface area contributed by atoms with Crippen LogP contribution in [0.1, 0.15) is 42.8 Å². The second-order valence-electron chi connectivity index (χ2n) is 7.42. The molecule has 1 aliphatic rings. The number of nitrogens with zero attached hydrogens (tertiary/aromatic N) is 1. The van der Waals surface area contributed by atoms with Gasteiger partial charge < -0.3 is 19.5 Å².